The van der Waals surface area contributed by atoms with Gasteiger partial charge in [-0.2, -0.15) is 0 Å². The zero-order valence-electron chi connectivity index (χ0n) is 12.8. The highest BCUT2D eigenvalue weighted by molar-refractivity contribution is 6.02. The summed E-state index contributed by atoms with van der Waals surface area (Å²) in [6, 6.07) is 15.4. The first kappa shape index (κ1) is 16.7. The molecule has 0 fully saturated rings. The highest BCUT2D eigenvalue weighted by Crippen LogP contribution is 2.19. The molecule has 0 aliphatic heterocycles. The Bertz CT molecular complexity index is 666. The third kappa shape index (κ3) is 4.40. The summed E-state index contributed by atoms with van der Waals surface area (Å²) in [4.78, 5) is 23.3. The Hall–Kier alpha value is -2.66. The van der Waals surface area contributed by atoms with Gasteiger partial charge >= 0.3 is 11.9 Å². The van der Waals surface area contributed by atoms with Crippen LogP contribution in [0.5, 0.6) is 0 Å². The molecule has 0 bridgehead atoms. The zero-order chi connectivity index (χ0) is 16.7. The van der Waals surface area contributed by atoms with Gasteiger partial charge in [-0.15, -0.1) is 0 Å². The number of carbonyl (C=O) groups excluding carboxylic acids is 1. The fourth-order valence-electron chi connectivity index (χ4n) is 2.19. The number of ether oxygens (including phenoxy) is 2. The molecule has 0 aromatic heterocycles. The van der Waals surface area contributed by atoms with Crippen molar-refractivity contribution in [2.75, 3.05) is 13.2 Å². The van der Waals surface area contributed by atoms with Crippen molar-refractivity contribution in [1.29, 1.82) is 0 Å². The van der Waals surface area contributed by atoms with Crippen LogP contribution in [-0.2, 0) is 9.47 Å². The van der Waals surface area contributed by atoms with Gasteiger partial charge in [0.25, 0.3) is 0 Å². The van der Waals surface area contributed by atoms with Crippen molar-refractivity contribution in [2.45, 2.75) is 13.0 Å². The van der Waals surface area contributed by atoms with Crippen molar-refractivity contribution in [2.24, 2.45) is 0 Å². The summed E-state index contributed by atoms with van der Waals surface area (Å²) in [7, 11) is 0. The minimum Gasteiger partial charge on any atom is -0.478 e. The van der Waals surface area contributed by atoms with Gasteiger partial charge in [-0.05, 0) is 24.6 Å². The summed E-state index contributed by atoms with van der Waals surface area (Å²) in [5, 5.41) is 9.12. The Morgan fingerprint density at radius 1 is 1.00 bits per heavy atom. The first-order valence-corrected chi connectivity index (χ1v) is 7.29. The molecule has 5 nitrogen and oxygen atoms in total. The van der Waals surface area contributed by atoms with E-state index < -0.39 is 11.9 Å². The van der Waals surface area contributed by atoms with E-state index in [2.05, 4.69) is 0 Å². The Labute approximate surface area is 134 Å². The fourth-order valence-corrected chi connectivity index (χ4v) is 2.19. The van der Waals surface area contributed by atoms with E-state index in [0.717, 1.165) is 5.56 Å². The summed E-state index contributed by atoms with van der Waals surface area (Å²) in [5.74, 6) is -1.84. The first-order valence-electron chi connectivity index (χ1n) is 7.29. The second kappa shape index (κ2) is 8.10. The summed E-state index contributed by atoms with van der Waals surface area (Å²) < 4.78 is 10.9. The average molecular weight is 314 g/mol. The standard InChI is InChI=1S/C18H18O5/c1-2-22-16(13-8-4-3-5-9-13)12-23-18(21)15-11-7-6-10-14(15)17(19)20/h3-11,16H,2,12H2,1H3,(H,19,20)/t16-/m1/s1. The Morgan fingerprint density at radius 2 is 1.61 bits per heavy atom. The van der Waals surface area contributed by atoms with Crippen molar-refractivity contribution in [3.63, 3.8) is 0 Å². The maximum absolute atomic E-state index is 12.2. The molecular formula is C18H18O5. The van der Waals surface area contributed by atoms with Crippen LogP contribution in [0, 0.1) is 0 Å². The number of carboxylic acids is 1. The highest BCUT2D eigenvalue weighted by Gasteiger charge is 2.19. The van der Waals surface area contributed by atoms with Gasteiger partial charge in [0.1, 0.15) is 12.7 Å². The molecule has 2 aromatic rings. The largest absolute Gasteiger partial charge is 0.478 e. The smallest absolute Gasteiger partial charge is 0.339 e. The van der Waals surface area contributed by atoms with Crippen LogP contribution >= 0.6 is 0 Å². The van der Waals surface area contributed by atoms with Crippen LogP contribution in [0.4, 0.5) is 0 Å². The van der Waals surface area contributed by atoms with Crippen LogP contribution < -0.4 is 0 Å². The molecule has 0 radical (unpaired) electrons. The lowest BCUT2D eigenvalue weighted by Crippen LogP contribution is -2.17. The van der Waals surface area contributed by atoms with Gasteiger partial charge in [-0.1, -0.05) is 42.5 Å². The normalized spacial score (nSPS) is 11.7. The number of esters is 1. The van der Waals surface area contributed by atoms with Gasteiger partial charge in [-0.3, -0.25) is 0 Å². The molecule has 120 valence electrons. The number of carbonyl (C=O) groups is 2. The number of benzene rings is 2. The van der Waals surface area contributed by atoms with E-state index in [1.54, 1.807) is 12.1 Å². The number of hydrogen-bond acceptors (Lipinski definition) is 4. The molecule has 5 heteroatoms. The highest BCUT2D eigenvalue weighted by atomic mass is 16.6. The average Bonchev–Trinajstić information content (AvgIpc) is 2.59. The van der Waals surface area contributed by atoms with E-state index in [-0.39, 0.29) is 23.8 Å². The fraction of sp³-hybridized carbons (Fsp3) is 0.222. The molecule has 0 unspecified atom stereocenters. The molecule has 0 aliphatic carbocycles. The van der Waals surface area contributed by atoms with Crippen molar-refractivity contribution in [3.05, 3.63) is 71.3 Å². The van der Waals surface area contributed by atoms with Crippen molar-refractivity contribution >= 4 is 11.9 Å². The molecule has 2 aromatic carbocycles. The van der Waals surface area contributed by atoms with Crippen LogP contribution in [0.15, 0.2) is 54.6 Å². The minimum atomic E-state index is -1.16. The quantitative estimate of drug-likeness (QED) is 0.794. The number of rotatable bonds is 7. The molecular weight excluding hydrogens is 296 g/mol. The second-order valence-corrected chi connectivity index (χ2v) is 4.80. The van der Waals surface area contributed by atoms with Gasteiger partial charge < -0.3 is 14.6 Å². The summed E-state index contributed by atoms with van der Waals surface area (Å²) in [6.07, 6.45) is -0.387. The van der Waals surface area contributed by atoms with E-state index in [0.29, 0.717) is 6.61 Å². The Kier molecular flexibility index (Phi) is 5.88. The summed E-state index contributed by atoms with van der Waals surface area (Å²) in [5.41, 5.74) is 0.849. The number of hydrogen-bond donors (Lipinski definition) is 1. The number of aromatic carboxylic acids is 1. The minimum absolute atomic E-state index is 0.0185. The molecule has 0 aliphatic rings. The Balaban J connectivity index is 2.09. The number of carboxylic acid groups (broad SMARTS) is 1. The molecule has 0 saturated heterocycles. The van der Waals surface area contributed by atoms with Gasteiger partial charge in [0.15, 0.2) is 0 Å². The molecule has 0 spiro atoms. The predicted octanol–water partition coefficient (Wildman–Crippen LogP) is 3.32. The lowest BCUT2D eigenvalue weighted by molar-refractivity contribution is -0.00526. The molecule has 0 heterocycles. The monoisotopic (exact) mass is 314 g/mol. The van der Waals surface area contributed by atoms with E-state index in [1.807, 2.05) is 37.3 Å². The van der Waals surface area contributed by atoms with Crippen LogP contribution in [-0.4, -0.2) is 30.3 Å². The lowest BCUT2D eigenvalue weighted by atomic mass is 10.1. The van der Waals surface area contributed by atoms with Crippen LogP contribution in [0.3, 0.4) is 0 Å². The Morgan fingerprint density at radius 3 is 2.22 bits per heavy atom. The lowest BCUT2D eigenvalue weighted by Gasteiger charge is -2.17. The maximum atomic E-state index is 12.2. The SMILES string of the molecule is CCO[C@H](COC(=O)c1ccccc1C(=O)O)c1ccccc1. The third-order valence-electron chi connectivity index (χ3n) is 3.28. The van der Waals surface area contributed by atoms with E-state index >= 15 is 0 Å². The first-order chi connectivity index (χ1) is 11.1. The summed E-state index contributed by atoms with van der Waals surface area (Å²) in [6.45, 7) is 2.35. The van der Waals surface area contributed by atoms with Gasteiger partial charge in [0, 0.05) is 6.61 Å². The van der Waals surface area contributed by atoms with Gasteiger partial charge in [-0.25, -0.2) is 9.59 Å². The van der Waals surface area contributed by atoms with Crippen molar-refractivity contribution in [1.82, 2.24) is 0 Å². The second-order valence-electron chi connectivity index (χ2n) is 4.80. The van der Waals surface area contributed by atoms with E-state index in [1.165, 1.54) is 12.1 Å². The summed E-state index contributed by atoms with van der Waals surface area (Å²) >= 11 is 0. The topological polar surface area (TPSA) is 72.8 Å². The van der Waals surface area contributed by atoms with Crippen LogP contribution in [0.2, 0.25) is 0 Å². The van der Waals surface area contributed by atoms with Crippen LogP contribution in [0.25, 0.3) is 0 Å². The zero-order valence-corrected chi connectivity index (χ0v) is 12.8. The molecule has 0 amide bonds. The third-order valence-corrected chi connectivity index (χ3v) is 3.28. The maximum Gasteiger partial charge on any atom is 0.339 e. The van der Waals surface area contributed by atoms with Crippen LogP contribution in [0.1, 0.15) is 39.3 Å². The molecule has 0 saturated carbocycles. The molecule has 23 heavy (non-hydrogen) atoms. The van der Waals surface area contributed by atoms with E-state index in [4.69, 9.17) is 14.6 Å². The predicted molar refractivity (Wildman–Crippen MR) is 84.5 cm³/mol. The van der Waals surface area contributed by atoms with Gasteiger partial charge in [0.05, 0.1) is 11.1 Å². The van der Waals surface area contributed by atoms with Gasteiger partial charge in [0.2, 0.25) is 0 Å². The molecule has 2 rings (SSSR count). The molecule has 1 atom stereocenters. The van der Waals surface area contributed by atoms with Crippen molar-refractivity contribution in [3.8, 4) is 0 Å². The van der Waals surface area contributed by atoms with E-state index in [9.17, 15) is 9.59 Å². The van der Waals surface area contributed by atoms with Crippen molar-refractivity contribution < 1.29 is 24.2 Å². The molecule has 1 N–H and O–H groups in total.